The number of allylic oxidation sites excluding steroid dienone is 4. The minimum absolute atomic E-state index is 0.310. The first-order chi connectivity index (χ1) is 17.1. The van der Waals surface area contributed by atoms with Crippen molar-refractivity contribution in [3.63, 3.8) is 0 Å². The van der Waals surface area contributed by atoms with Gasteiger partial charge in [-0.3, -0.25) is 0 Å². The van der Waals surface area contributed by atoms with Crippen LogP contribution in [0.25, 0.3) is 0 Å². The third-order valence-electron chi connectivity index (χ3n) is 7.10. The van der Waals surface area contributed by atoms with Gasteiger partial charge in [-0.25, -0.2) is 4.39 Å². The molecule has 3 N–H and O–H groups in total. The van der Waals surface area contributed by atoms with E-state index < -0.39 is 38.2 Å². The van der Waals surface area contributed by atoms with Crippen LogP contribution in [0.1, 0.15) is 71.8 Å². The first kappa shape index (κ1) is 31.1. The van der Waals surface area contributed by atoms with E-state index in [1.807, 2.05) is 26.0 Å². The Hall–Kier alpha value is -2.17. The largest absolute Gasteiger partial charge is 0.534 e. The maximum absolute atomic E-state index is 14.3. The molecule has 0 bridgehead atoms. The Kier molecular flexibility index (Phi) is 10.2. The predicted octanol–water partition coefficient (Wildman–Crippen LogP) is 6.44. The SMILES string of the molecule is CCC(CC)(C1=CC=C(C(C)(C)O)C=CC1)c1cc(F)cc(OS(=O)(=O)C(F)(F)F)c1.NCC1CCC1. The number of halogens is 4. The lowest BCUT2D eigenvalue weighted by atomic mass is 9.69. The number of nitrogens with two attached hydrogens (primary N) is 1. The van der Waals surface area contributed by atoms with E-state index in [9.17, 15) is 31.1 Å². The third kappa shape index (κ3) is 7.67. The smallest absolute Gasteiger partial charge is 0.386 e. The maximum Gasteiger partial charge on any atom is 0.534 e. The van der Waals surface area contributed by atoms with Crippen molar-refractivity contribution in [3.8, 4) is 5.75 Å². The Morgan fingerprint density at radius 2 is 1.70 bits per heavy atom. The van der Waals surface area contributed by atoms with Gasteiger partial charge in [0.2, 0.25) is 0 Å². The molecule has 1 aromatic carbocycles. The van der Waals surface area contributed by atoms with Crippen LogP contribution in [-0.2, 0) is 15.5 Å². The van der Waals surface area contributed by atoms with Crippen LogP contribution in [0.2, 0.25) is 0 Å². The summed E-state index contributed by atoms with van der Waals surface area (Å²) in [5, 5.41) is 10.3. The zero-order valence-corrected chi connectivity index (χ0v) is 22.6. The van der Waals surface area contributed by atoms with Crippen LogP contribution in [0, 0.1) is 11.7 Å². The molecule has 0 spiro atoms. The number of benzene rings is 1. The quantitative estimate of drug-likeness (QED) is 0.222. The first-order valence-electron chi connectivity index (χ1n) is 12.4. The van der Waals surface area contributed by atoms with Gasteiger partial charge in [-0.15, -0.1) is 0 Å². The van der Waals surface area contributed by atoms with Crippen LogP contribution in [0.4, 0.5) is 17.6 Å². The first-order valence-corrected chi connectivity index (χ1v) is 13.8. The highest BCUT2D eigenvalue weighted by Crippen LogP contribution is 2.43. The average Bonchev–Trinajstić information content (AvgIpc) is 3.00. The van der Waals surface area contributed by atoms with Crippen molar-refractivity contribution >= 4 is 10.1 Å². The fourth-order valence-electron chi connectivity index (χ4n) is 4.48. The summed E-state index contributed by atoms with van der Waals surface area (Å²) in [6.07, 6.45) is 12.8. The second-order valence-electron chi connectivity index (χ2n) is 9.96. The van der Waals surface area contributed by atoms with Crippen molar-refractivity contribution in [3.05, 3.63) is 65.0 Å². The van der Waals surface area contributed by atoms with Gasteiger partial charge >= 0.3 is 15.6 Å². The van der Waals surface area contributed by atoms with Crippen molar-refractivity contribution in [2.24, 2.45) is 11.7 Å². The van der Waals surface area contributed by atoms with Gasteiger partial charge in [0.1, 0.15) is 11.6 Å². The van der Waals surface area contributed by atoms with Gasteiger partial charge < -0.3 is 15.0 Å². The van der Waals surface area contributed by atoms with Crippen molar-refractivity contribution in [2.75, 3.05) is 6.54 Å². The highest BCUT2D eigenvalue weighted by Gasteiger charge is 2.48. The lowest BCUT2D eigenvalue weighted by molar-refractivity contribution is -0.0500. The van der Waals surface area contributed by atoms with Crippen LogP contribution in [0.5, 0.6) is 5.75 Å². The summed E-state index contributed by atoms with van der Waals surface area (Å²) < 4.78 is 79.4. The van der Waals surface area contributed by atoms with E-state index in [1.54, 1.807) is 26.0 Å². The molecule has 0 aliphatic heterocycles. The van der Waals surface area contributed by atoms with Crippen LogP contribution >= 0.6 is 0 Å². The van der Waals surface area contributed by atoms with Gasteiger partial charge in [-0.05, 0) is 81.7 Å². The Balaban J connectivity index is 0.000000700. The number of hydrogen-bond donors (Lipinski definition) is 2. The Labute approximate surface area is 217 Å². The van der Waals surface area contributed by atoms with E-state index in [-0.39, 0.29) is 0 Å². The molecule has 3 rings (SSSR count). The molecule has 0 saturated heterocycles. The van der Waals surface area contributed by atoms with Crippen molar-refractivity contribution in [2.45, 2.75) is 82.7 Å². The number of alkyl halides is 3. The summed E-state index contributed by atoms with van der Waals surface area (Å²) in [7, 11) is -5.93. The highest BCUT2D eigenvalue weighted by molar-refractivity contribution is 7.88. The highest BCUT2D eigenvalue weighted by atomic mass is 32.2. The van der Waals surface area contributed by atoms with Crippen LogP contribution in [0.15, 0.2) is 53.6 Å². The summed E-state index contributed by atoms with van der Waals surface area (Å²) >= 11 is 0. The number of rotatable bonds is 8. The molecule has 1 aromatic rings. The molecule has 0 heterocycles. The van der Waals surface area contributed by atoms with E-state index in [0.717, 1.165) is 24.1 Å². The normalized spacial score (nSPS) is 17.1. The van der Waals surface area contributed by atoms with Gasteiger partial charge in [-0.1, -0.05) is 50.1 Å². The monoisotopic (exact) mass is 547 g/mol. The number of hydrogen-bond acceptors (Lipinski definition) is 5. The van der Waals surface area contributed by atoms with Gasteiger partial charge in [0.15, 0.2) is 0 Å². The molecule has 0 radical (unpaired) electrons. The lowest BCUT2D eigenvalue weighted by Crippen LogP contribution is -2.29. The molecular weight excluding hydrogens is 510 g/mol. The zero-order chi connectivity index (χ0) is 28.1. The molecule has 0 amide bonds. The average molecular weight is 548 g/mol. The minimum Gasteiger partial charge on any atom is -0.386 e. The van der Waals surface area contributed by atoms with Gasteiger partial charge in [0, 0.05) is 11.5 Å². The van der Waals surface area contributed by atoms with E-state index in [1.165, 1.54) is 25.3 Å². The molecule has 0 unspecified atom stereocenters. The summed E-state index contributed by atoms with van der Waals surface area (Å²) in [5.74, 6) is -0.755. The molecule has 208 valence electrons. The molecule has 1 fully saturated rings. The topological polar surface area (TPSA) is 89.6 Å². The van der Waals surface area contributed by atoms with Crippen molar-refractivity contribution < 1.29 is 35.3 Å². The van der Waals surface area contributed by atoms with Gasteiger partial charge in [-0.2, -0.15) is 21.6 Å². The lowest BCUT2D eigenvalue weighted by Gasteiger charge is -2.35. The molecule has 10 heteroatoms. The Morgan fingerprint density at radius 3 is 2.14 bits per heavy atom. The summed E-state index contributed by atoms with van der Waals surface area (Å²) in [4.78, 5) is 0. The molecule has 0 atom stereocenters. The van der Waals surface area contributed by atoms with E-state index in [0.29, 0.717) is 36.5 Å². The van der Waals surface area contributed by atoms with Gasteiger partial charge in [0.05, 0.1) is 5.60 Å². The molecule has 2 aliphatic rings. The van der Waals surface area contributed by atoms with E-state index in [2.05, 4.69) is 4.18 Å². The summed E-state index contributed by atoms with van der Waals surface area (Å²) in [6, 6.07) is 2.92. The predicted molar refractivity (Wildman–Crippen MR) is 137 cm³/mol. The molecule has 1 saturated carbocycles. The Morgan fingerprint density at radius 1 is 1.08 bits per heavy atom. The summed E-state index contributed by atoms with van der Waals surface area (Å²) in [6.45, 7) is 7.92. The van der Waals surface area contributed by atoms with Crippen LogP contribution in [-0.4, -0.2) is 31.2 Å². The maximum atomic E-state index is 14.3. The molecule has 37 heavy (non-hydrogen) atoms. The van der Waals surface area contributed by atoms with Gasteiger partial charge in [0.25, 0.3) is 0 Å². The number of aliphatic hydroxyl groups is 1. The van der Waals surface area contributed by atoms with E-state index in [4.69, 9.17) is 5.73 Å². The third-order valence-corrected chi connectivity index (χ3v) is 8.08. The summed E-state index contributed by atoms with van der Waals surface area (Å²) in [5.41, 5.74) is -0.316. The fraction of sp³-hybridized carbons (Fsp3) is 0.556. The molecular formula is C27H37F4NO4S. The van der Waals surface area contributed by atoms with Crippen molar-refractivity contribution in [1.29, 1.82) is 0 Å². The van der Waals surface area contributed by atoms with E-state index >= 15 is 0 Å². The standard InChI is InChI=1S/C22H26F4O4S.C5H11N/c1-5-21(6-2,16-9-7-8-15(10-11-16)20(3,4)27)17-12-18(23)14-19(13-17)30-31(28,29)22(24,25)26;6-4-5-2-1-3-5/h7-8,10-14,27H,5-6,9H2,1-4H3;5H,1-4,6H2. The second kappa shape index (κ2) is 12.1. The second-order valence-corrected chi connectivity index (χ2v) is 11.5. The van der Waals surface area contributed by atoms with Crippen molar-refractivity contribution in [1.82, 2.24) is 0 Å². The van der Waals surface area contributed by atoms with Crippen LogP contribution < -0.4 is 9.92 Å². The Bertz CT molecular complexity index is 1120. The molecule has 0 aromatic heterocycles. The zero-order valence-electron chi connectivity index (χ0n) is 21.7. The van der Waals surface area contributed by atoms with Crippen LogP contribution in [0.3, 0.4) is 0 Å². The minimum atomic E-state index is -5.93. The molecule has 2 aliphatic carbocycles. The fourth-order valence-corrected chi connectivity index (χ4v) is 4.92. The molecule has 5 nitrogen and oxygen atoms in total.